The lowest BCUT2D eigenvalue weighted by Crippen LogP contribution is -2.00. The molecule has 0 aromatic heterocycles. The van der Waals surface area contributed by atoms with Gasteiger partial charge in [0.15, 0.2) is 0 Å². The molecule has 2 aromatic carbocycles. The Hall–Kier alpha value is -2.48. The van der Waals surface area contributed by atoms with Gasteiger partial charge in [-0.25, -0.2) is 0 Å². The SMILES string of the molecule is C#Cc1c(CCCC)cc(C#Cc2ccccc2)c2c1COC2. The number of benzene rings is 2. The van der Waals surface area contributed by atoms with Gasteiger partial charge in [0.2, 0.25) is 0 Å². The largest absolute Gasteiger partial charge is 0.372 e. The summed E-state index contributed by atoms with van der Waals surface area (Å²) in [5, 5.41) is 0. The first-order chi connectivity index (χ1) is 11.3. The van der Waals surface area contributed by atoms with Crippen LogP contribution in [0.25, 0.3) is 0 Å². The van der Waals surface area contributed by atoms with Gasteiger partial charge in [0.05, 0.1) is 13.2 Å². The Morgan fingerprint density at radius 3 is 2.61 bits per heavy atom. The Bertz CT molecular complexity index is 798. The highest BCUT2D eigenvalue weighted by Crippen LogP contribution is 2.30. The molecule has 0 amide bonds. The third kappa shape index (κ3) is 3.31. The molecule has 1 nitrogen and oxygen atoms in total. The first-order valence-corrected chi connectivity index (χ1v) is 8.12. The lowest BCUT2D eigenvalue weighted by molar-refractivity contribution is 0.134. The predicted octanol–water partition coefficient (Wildman–Crippen LogP) is 4.44. The van der Waals surface area contributed by atoms with Crippen LogP contribution in [0.4, 0.5) is 0 Å². The minimum atomic E-state index is 0.606. The average molecular weight is 300 g/mol. The maximum absolute atomic E-state index is 5.77. The zero-order valence-corrected chi connectivity index (χ0v) is 13.5. The Labute approximate surface area is 138 Å². The molecule has 3 rings (SSSR count). The van der Waals surface area contributed by atoms with Crippen LogP contribution in [-0.2, 0) is 24.4 Å². The molecule has 1 heteroatoms. The summed E-state index contributed by atoms with van der Waals surface area (Å²) in [6.07, 6.45) is 9.07. The maximum atomic E-state index is 5.77. The van der Waals surface area contributed by atoms with Gasteiger partial charge in [-0.05, 0) is 36.6 Å². The van der Waals surface area contributed by atoms with Gasteiger partial charge in [-0.15, -0.1) is 6.42 Å². The standard InChI is InChI=1S/C22H20O/c1-3-5-11-18-14-19(13-12-17-9-7-6-8-10-17)21-15-23-16-22(21)20(18)4-2/h2,6-10,14H,3,5,11,15-16H2,1H3. The first kappa shape index (κ1) is 15.4. The quantitative estimate of drug-likeness (QED) is 0.761. The molecule has 114 valence electrons. The van der Waals surface area contributed by atoms with E-state index in [0.29, 0.717) is 13.2 Å². The predicted molar refractivity (Wildman–Crippen MR) is 93.9 cm³/mol. The Morgan fingerprint density at radius 1 is 1.09 bits per heavy atom. The summed E-state index contributed by atoms with van der Waals surface area (Å²) in [5.74, 6) is 9.46. The van der Waals surface area contributed by atoms with E-state index >= 15 is 0 Å². The molecule has 1 aliphatic heterocycles. The molecule has 0 saturated carbocycles. The van der Waals surface area contributed by atoms with Gasteiger partial charge in [0.25, 0.3) is 0 Å². The topological polar surface area (TPSA) is 9.23 Å². The van der Waals surface area contributed by atoms with Crippen LogP contribution in [0.3, 0.4) is 0 Å². The van der Waals surface area contributed by atoms with Crippen LogP contribution in [0.2, 0.25) is 0 Å². The van der Waals surface area contributed by atoms with E-state index in [2.05, 4.69) is 30.8 Å². The van der Waals surface area contributed by atoms with Crippen molar-refractivity contribution in [2.75, 3.05) is 0 Å². The van der Waals surface area contributed by atoms with E-state index < -0.39 is 0 Å². The fraction of sp³-hybridized carbons (Fsp3) is 0.273. The van der Waals surface area contributed by atoms with E-state index in [1.54, 1.807) is 0 Å². The third-order valence-corrected chi connectivity index (χ3v) is 4.18. The third-order valence-electron chi connectivity index (χ3n) is 4.18. The van der Waals surface area contributed by atoms with Crippen molar-refractivity contribution in [1.29, 1.82) is 0 Å². The second kappa shape index (κ2) is 7.19. The van der Waals surface area contributed by atoms with Crippen molar-refractivity contribution in [2.45, 2.75) is 39.4 Å². The molecule has 1 aliphatic rings. The summed E-state index contributed by atoms with van der Waals surface area (Å²) in [6, 6.07) is 12.2. The highest BCUT2D eigenvalue weighted by molar-refractivity contribution is 5.59. The lowest BCUT2D eigenvalue weighted by Gasteiger charge is -2.11. The smallest absolute Gasteiger partial charge is 0.0737 e. The van der Waals surface area contributed by atoms with Crippen LogP contribution in [0.5, 0.6) is 0 Å². The van der Waals surface area contributed by atoms with E-state index in [9.17, 15) is 0 Å². The molecule has 1 heterocycles. The van der Waals surface area contributed by atoms with Crippen molar-refractivity contribution < 1.29 is 4.74 Å². The van der Waals surface area contributed by atoms with E-state index in [1.807, 2.05) is 30.3 Å². The monoisotopic (exact) mass is 300 g/mol. The molecule has 0 radical (unpaired) electrons. The van der Waals surface area contributed by atoms with Gasteiger partial charge in [0.1, 0.15) is 0 Å². The molecule has 0 N–H and O–H groups in total. The fourth-order valence-electron chi connectivity index (χ4n) is 2.94. The number of unbranched alkanes of at least 4 members (excludes halogenated alkanes) is 1. The van der Waals surface area contributed by atoms with Crippen molar-refractivity contribution in [3.63, 3.8) is 0 Å². The van der Waals surface area contributed by atoms with Crippen LogP contribution < -0.4 is 0 Å². The van der Waals surface area contributed by atoms with Crippen LogP contribution in [0.1, 0.15) is 53.1 Å². The molecule has 0 spiro atoms. The number of hydrogen-bond donors (Lipinski definition) is 0. The van der Waals surface area contributed by atoms with Crippen LogP contribution >= 0.6 is 0 Å². The van der Waals surface area contributed by atoms with Gasteiger partial charge < -0.3 is 4.74 Å². The minimum absolute atomic E-state index is 0.606. The molecule has 23 heavy (non-hydrogen) atoms. The van der Waals surface area contributed by atoms with Gasteiger partial charge in [-0.1, -0.05) is 49.3 Å². The number of rotatable bonds is 3. The minimum Gasteiger partial charge on any atom is -0.372 e. The zero-order chi connectivity index (χ0) is 16.1. The van der Waals surface area contributed by atoms with Gasteiger partial charge in [-0.3, -0.25) is 0 Å². The number of fused-ring (bicyclic) bond motifs is 1. The van der Waals surface area contributed by atoms with E-state index in [-0.39, 0.29) is 0 Å². The second-order valence-electron chi connectivity index (χ2n) is 5.77. The fourth-order valence-corrected chi connectivity index (χ4v) is 2.94. The maximum Gasteiger partial charge on any atom is 0.0737 e. The number of ether oxygens (including phenoxy) is 1. The van der Waals surface area contributed by atoms with Crippen molar-refractivity contribution in [2.24, 2.45) is 0 Å². The molecule has 0 fully saturated rings. The molecule has 0 unspecified atom stereocenters. The molecule has 0 saturated heterocycles. The molecule has 2 aromatic rings. The summed E-state index contributed by atoms with van der Waals surface area (Å²) in [7, 11) is 0. The summed E-state index contributed by atoms with van der Waals surface area (Å²) in [6.45, 7) is 3.41. The summed E-state index contributed by atoms with van der Waals surface area (Å²) in [4.78, 5) is 0. The van der Waals surface area contributed by atoms with E-state index in [1.165, 1.54) is 16.7 Å². The van der Waals surface area contributed by atoms with Crippen LogP contribution in [0.15, 0.2) is 36.4 Å². The van der Waals surface area contributed by atoms with Gasteiger partial charge in [0, 0.05) is 27.8 Å². The Morgan fingerprint density at radius 2 is 1.87 bits per heavy atom. The zero-order valence-electron chi connectivity index (χ0n) is 13.5. The summed E-state index contributed by atoms with van der Waals surface area (Å²) in [5.41, 5.74) is 6.68. The summed E-state index contributed by atoms with van der Waals surface area (Å²) >= 11 is 0. The summed E-state index contributed by atoms with van der Waals surface area (Å²) < 4.78 is 5.65. The Kier molecular flexibility index (Phi) is 4.82. The molecule has 0 aliphatic carbocycles. The molecule has 0 atom stereocenters. The van der Waals surface area contributed by atoms with Gasteiger partial charge >= 0.3 is 0 Å². The molecular formula is C22H20O. The number of terminal acetylenes is 1. The van der Waals surface area contributed by atoms with Crippen molar-refractivity contribution in [1.82, 2.24) is 0 Å². The highest BCUT2D eigenvalue weighted by Gasteiger charge is 2.20. The highest BCUT2D eigenvalue weighted by atomic mass is 16.5. The number of aryl methyl sites for hydroxylation is 1. The average Bonchev–Trinajstić information content (AvgIpc) is 3.08. The lowest BCUT2D eigenvalue weighted by atomic mass is 9.91. The van der Waals surface area contributed by atoms with Crippen LogP contribution in [0, 0.1) is 24.2 Å². The van der Waals surface area contributed by atoms with Crippen molar-refractivity contribution >= 4 is 0 Å². The second-order valence-corrected chi connectivity index (χ2v) is 5.77. The van der Waals surface area contributed by atoms with E-state index in [4.69, 9.17) is 11.2 Å². The Balaban J connectivity index is 2.05. The number of hydrogen-bond acceptors (Lipinski definition) is 1. The van der Waals surface area contributed by atoms with Crippen molar-refractivity contribution in [3.8, 4) is 24.2 Å². The van der Waals surface area contributed by atoms with Crippen molar-refractivity contribution in [3.05, 3.63) is 69.8 Å². The first-order valence-electron chi connectivity index (χ1n) is 8.12. The normalized spacial score (nSPS) is 12.2. The van der Waals surface area contributed by atoms with E-state index in [0.717, 1.165) is 36.0 Å². The van der Waals surface area contributed by atoms with Gasteiger partial charge in [-0.2, -0.15) is 0 Å². The molecule has 0 bridgehead atoms. The van der Waals surface area contributed by atoms with Crippen LogP contribution in [-0.4, -0.2) is 0 Å². The molecular weight excluding hydrogens is 280 g/mol.